The summed E-state index contributed by atoms with van der Waals surface area (Å²) in [5.74, 6) is 2.54. The lowest BCUT2D eigenvalue weighted by atomic mass is 9.89. The summed E-state index contributed by atoms with van der Waals surface area (Å²) >= 11 is 0. The number of hydrogen-bond acceptors (Lipinski definition) is 5. The predicted octanol–water partition coefficient (Wildman–Crippen LogP) is 11.2. The molecule has 0 aliphatic rings. The number of nitrogens with zero attached hydrogens (tertiary/aromatic N) is 4. The molecule has 0 aliphatic carbocycles. The normalized spacial score (nSPS) is 11.3. The fourth-order valence-electron chi connectivity index (χ4n) is 6.33. The van der Waals surface area contributed by atoms with Crippen LogP contribution in [0.4, 0.5) is 0 Å². The van der Waals surface area contributed by atoms with E-state index in [4.69, 9.17) is 19.4 Å². The van der Waals surface area contributed by atoms with Gasteiger partial charge in [0.25, 0.3) is 0 Å². The van der Waals surface area contributed by atoms with Gasteiger partial charge < -0.3 is 4.42 Å². The summed E-state index contributed by atoms with van der Waals surface area (Å²) in [6.45, 7) is 0. The zero-order valence-electron chi connectivity index (χ0n) is 26.4. The van der Waals surface area contributed by atoms with Crippen LogP contribution in [-0.4, -0.2) is 19.9 Å². The Kier molecular flexibility index (Phi) is 7.06. The van der Waals surface area contributed by atoms with Crippen molar-refractivity contribution in [1.29, 1.82) is 0 Å². The van der Waals surface area contributed by atoms with Crippen LogP contribution in [0.3, 0.4) is 0 Å². The van der Waals surface area contributed by atoms with Gasteiger partial charge in [0, 0.05) is 22.3 Å². The number of fused-ring (bicyclic) bond motifs is 2. The molecule has 0 amide bonds. The van der Waals surface area contributed by atoms with E-state index in [-0.39, 0.29) is 0 Å². The number of aromatic nitrogens is 4. The van der Waals surface area contributed by atoms with Crippen molar-refractivity contribution in [1.82, 2.24) is 19.9 Å². The Bertz CT molecular complexity index is 2490. The fourth-order valence-corrected chi connectivity index (χ4v) is 6.33. The lowest BCUT2D eigenvalue weighted by Gasteiger charge is -2.15. The van der Waals surface area contributed by atoms with E-state index in [0.29, 0.717) is 23.4 Å². The van der Waals surface area contributed by atoms with Crippen molar-refractivity contribution in [3.8, 4) is 67.9 Å². The minimum atomic E-state index is 0.617. The van der Waals surface area contributed by atoms with E-state index in [2.05, 4.69) is 89.9 Å². The van der Waals surface area contributed by atoms with E-state index in [1.54, 1.807) is 0 Å². The molecular formula is C44H28N4O. The summed E-state index contributed by atoms with van der Waals surface area (Å²) in [5, 5.41) is 2.37. The van der Waals surface area contributed by atoms with E-state index < -0.39 is 0 Å². The number of para-hydroxylation sites is 2. The molecule has 230 valence electrons. The molecule has 0 fully saturated rings. The smallest absolute Gasteiger partial charge is 0.227 e. The maximum Gasteiger partial charge on any atom is 0.227 e. The van der Waals surface area contributed by atoms with E-state index in [1.165, 1.54) is 16.3 Å². The van der Waals surface area contributed by atoms with Crippen LogP contribution < -0.4 is 0 Å². The Morgan fingerprint density at radius 1 is 0.347 bits per heavy atom. The maximum atomic E-state index is 6.04. The average molecular weight is 629 g/mol. The number of oxazole rings is 1. The standard InChI is InChI=1S/C44H28N4O/c1-3-12-32(13-4-1)41-46-42(33-14-5-2-6-15-33)48-43(47-41)34-23-21-31(22-24-34)40-36-16-8-7-11-29(36)27-28-37(40)30-19-25-35(26-20-30)44-45-38-17-9-10-18-39(38)49-44/h1-28H. The fraction of sp³-hybridized carbons (Fsp3) is 0. The van der Waals surface area contributed by atoms with Gasteiger partial charge in [0.15, 0.2) is 23.1 Å². The predicted molar refractivity (Wildman–Crippen MR) is 198 cm³/mol. The second-order valence-corrected chi connectivity index (χ2v) is 11.9. The van der Waals surface area contributed by atoms with Gasteiger partial charge in [-0.05, 0) is 57.3 Å². The highest BCUT2D eigenvalue weighted by Crippen LogP contribution is 2.39. The molecule has 0 N–H and O–H groups in total. The number of hydrogen-bond donors (Lipinski definition) is 0. The van der Waals surface area contributed by atoms with Gasteiger partial charge in [0.05, 0.1) is 0 Å². The molecule has 49 heavy (non-hydrogen) atoms. The van der Waals surface area contributed by atoms with Crippen LogP contribution in [0.2, 0.25) is 0 Å². The van der Waals surface area contributed by atoms with Gasteiger partial charge in [-0.2, -0.15) is 0 Å². The van der Waals surface area contributed by atoms with Crippen LogP contribution in [0.15, 0.2) is 174 Å². The summed E-state index contributed by atoms with van der Waals surface area (Å²) in [6.07, 6.45) is 0. The van der Waals surface area contributed by atoms with Crippen molar-refractivity contribution in [2.75, 3.05) is 0 Å². The zero-order chi connectivity index (χ0) is 32.6. The SMILES string of the molecule is c1ccc(-c2nc(-c3ccccc3)nc(-c3ccc(-c4c(-c5ccc(-c6nc7ccccc7o6)cc5)ccc5ccccc45)cc3)n2)cc1. The van der Waals surface area contributed by atoms with Crippen molar-refractivity contribution in [3.63, 3.8) is 0 Å². The molecule has 7 aromatic carbocycles. The Labute approximate surface area is 283 Å². The molecule has 0 saturated carbocycles. The topological polar surface area (TPSA) is 64.7 Å². The van der Waals surface area contributed by atoms with Crippen molar-refractivity contribution in [2.24, 2.45) is 0 Å². The van der Waals surface area contributed by atoms with Crippen LogP contribution in [-0.2, 0) is 0 Å². The van der Waals surface area contributed by atoms with Gasteiger partial charge >= 0.3 is 0 Å². The van der Waals surface area contributed by atoms with Crippen LogP contribution in [0, 0.1) is 0 Å². The van der Waals surface area contributed by atoms with E-state index in [9.17, 15) is 0 Å². The molecule has 0 bridgehead atoms. The van der Waals surface area contributed by atoms with E-state index in [1.807, 2.05) is 84.9 Å². The molecule has 2 aromatic heterocycles. The Morgan fingerprint density at radius 2 is 0.857 bits per heavy atom. The Balaban J connectivity index is 1.12. The first-order chi connectivity index (χ1) is 24.3. The minimum Gasteiger partial charge on any atom is -0.436 e. The molecular weight excluding hydrogens is 601 g/mol. The third-order valence-electron chi connectivity index (χ3n) is 8.80. The van der Waals surface area contributed by atoms with Crippen LogP contribution in [0.5, 0.6) is 0 Å². The van der Waals surface area contributed by atoms with Crippen molar-refractivity contribution in [2.45, 2.75) is 0 Å². The van der Waals surface area contributed by atoms with Gasteiger partial charge in [-0.15, -0.1) is 0 Å². The summed E-state index contributed by atoms with van der Waals surface area (Å²) in [5.41, 5.74) is 9.93. The lowest BCUT2D eigenvalue weighted by Crippen LogP contribution is -2.00. The van der Waals surface area contributed by atoms with Crippen LogP contribution in [0.1, 0.15) is 0 Å². The highest BCUT2D eigenvalue weighted by Gasteiger charge is 2.16. The third kappa shape index (κ3) is 5.43. The number of rotatable bonds is 6. The van der Waals surface area contributed by atoms with Gasteiger partial charge in [-0.25, -0.2) is 19.9 Å². The molecule has 5 nitrogen and oxygen atoms in total. The first kappa shape index (κ1) is 28.5. The summed E-state index contributed by atoms with van der Waals surface area (Å²) in [4.78, 5) is 19.4. The Morgan fingerprint density at radius 3 is 1.51 bits per heavy atom. The highest BCUT2D eigenvalue weighted by atomic mass is 16.3. The first-order valence-corrected chi connectivity index (χ1v) is 16.2. The minimum absolute atomic E-state index is 0.617. The molecule has 0 saturated heterocycles. The molecule has 5 heteroatoms. The van der Waals surface area contributed by atoms with Gasteiger partial charge in [-0.3, -0.25) is 0 Å². The molecule has 0 aliphatic heterocycles. The van der Waals surface area contributed by atoms with E-state index in [0.717, 1.165) is 50.0 Å². The van der Waals surface area contributed by atoms with E-state index >= 15 is 0 Å². The van der Waals surface area contributed by atoms with Crippen molar-refractivity contribution in [3.05, 3.63) is 170 Å². The van der Waals surface area contributed by atoms with Crippen molar-refractivity contribution < 1.29 is 4.42 Å². The number of benzene rings is 7. The molecule has 0 unspecified atom stereocenters. The summed E-state index contributed by atoms with van der Waals surface area (Å²) in [7, 11) is 0. The third-order valence-corrected chi connectivity index (χ3v) is 8.80. The quantitative estimate of drug-likeness (QED) is 0.183. The second-order valence-electron chi connectivity index (χ2n) is 11.9. The monoisotopic (exact) mass is 628 g/mol. The van der Waals surface area contributed by atoms with Crippen LogP contribution >= 0.6 is 0 Å². The molecule has 0 atom stereocenters. The van der Waals surface area contributed by atoms with Crippen molar-refractivity contribution >= 4 is 21.9 Å². The largest absolute Gasteiger partial charge is 0.436 e. The first-order valence-electron chi connectivity index (χ1n) is 16.2. The average Bonchev–Trinajstić information content (AvgIpc) is 3.63. The summed E-state index contributed by atoms with van der Waals surface area (Å²) < 4.78 is 6.04. The molecule has 0 spiro atoms. The summed E-state index contributed by atoms with van der Waals surface area (Å²) in [6, 6.07) is 57.9. The molecule has 2 heterocycles. The van der Waals surface area contributed by atoms with Gasteiger partial charge in [0.2, 0.25) is 5.89 Å². The molecule has 9 rings (SSSR count). The maximum absolute atomic E-state index is 6.04. The highest BCUT2D eigenvalue weighted by molar-refractivity contribution is 6.04. The Hall–Kier alpha value is -6.72. The molecule has 9 aromatic rings. The second kappa shape index (κ2) is 12.1. The van der Waals surface area contributed by atoms with Gasteiger partial charge in [-0.1, -0.05) is 146 Å². The van der Waals surface area contributed by atoms with Gasteiger partial charge in [0.1, 0.15) is 5.52 Å². The zero-order valence-corrected chi connectivity index (χ0v) is 26.4. The molecule has 0 radical (unpaired) electrons. The lowest BCUT2D eigenvalue weighted by molar-refractivity contribution is 0.620. The van der Waals surface area contributed by atoms with Crippen LogP contribution in [0.25, 0.3) is 89.7 Å².